The van der Waals surface area contributed by atoms with Crippen LogP contribution in [-0.2, 0) is 29.0 Å². The summed E-state index contributed by atoms with van der Waals surface area (Å²) in [6, 6.07) is 0.720. The van der Waals surface area contributed by atoms with Gasteiger partial charge in [-0.1, -0.05) is 13.8 Å². The molecule has 1 saturated heterocycles. The van der Waals surface area contributed by atoms with Crippen molar-refractivity contribution in [2.24, 2.45) is 10.9 Å². The molecular weight excluding hydrogens is 497 g/mol. The summed E-state index contributed by atoms with van der Waals surface area (Å²) in [4.78, 5) is 12.0. The van der Waals surface area contributed by atoms with E-state index in [1.54, 1.807) is 7.11 Å². The molecule has 3 heterocycles. The Bertz CT molecular complexity index is 662. The first-order valence-electron chi connectivity index (χ1n) is 10.9. The van der Waals surface area contributed by atoms with Crippen molar-refractivity contribution in [2.75, 3.05) is 46.5 Å². The van der Waals surface area contributed by atoms with E-state index < -0.39 is 0 Å². The van der Waals surface area contributed by atoms with Gasteiger partial charge in [0.2, 0.25) is 0 Å². The maximum absolute atomic E-state index is 5.52. The molecule has 0 bridgehead atoms. The van der Waals surface area contributed by atoms with E-state index >= 15 is 0 Å². The highest BCUT2D eigenvalue weighted by Crippen LogP contribution is 2.15. The van der Waals surface area contributed by atoms with Crippen molar-refractivity contribution >= 4 is 29.9 Å². The second-order valence-electron chi connectivity index (χ2n) is 8.12. The second-order valence-corrected chi connectivity index (χ2v) is 8.12. The minimum Gasteiger partial charge on any atom is -0.379 e. The van der Waals surface area contributed by atoms with Crippen molar-refractivity contribution in [1.82, 2.24) is 30.3 Å². The van der Waals surface area contributed by atoms with Crippen LogP contribution in [0.15, 0.2) is 4.99 Å². The standard InChI is InChI=1S/C20H37N7O2.HI/c1-5-21-20(22-12-17(15(2)3)26-8-10-29-11-9-26)23-16-6-7-19-24-18(14-28-4)25-27(19)13-16;/h15-17H,5-14H2,1-4H3,(H2,21,22,23);1H. The van der Waals surface area contributed by atoms with Crippen molar-refractivity contribution in [1.29, 1.82) is 0 Å². The molecule has 2 unspecified atom stereocenters. The van der Waals surface area contributed by atoms with E-state index in [0.717, 1.165) is 76.4 Å². The normalized spacial score (nSPS) is 21.1. The van der Waals surface area contributed by atoms with Crippen molar-refractivity contribution in [3.8, 4) is 0 Å². The van der Waals surface area contributed by atoms with E-state index in [0.29, 0.717) is 24.6 Å². The highest BCUT2D eigenvalue weighted by molar-refractivity contribution is 14.0. The molecule has 2 N–H and O–H groups in total. The van der Waals surface area contributed by atoms with Gasteiger partial charge in [-0.15, -0.1) is 24.0 Å². The Labute approximate surface area is 197 Å². The Morgan fingerprint density at radius 2 is 2.10 bits per heavy atom. The van der Waals surface area contributed by atoms with Gasteiger partial charge in [-0.3, -0.25) is 9.89 Å². The third-order valence-corrected chi connectivity index (χ3v) is 5.58. The van der Waals surface area contributed by atoms with Crippen LogP contribution in [0.2, 0.25) is 0 Å². The van der Waals surface area contributed by atoms with Crippen molar-refractivity contribution in [2.45, 2.75) is 58.8 Å². The van der Waals surface area contributed by atoms with Crippen LogP contribution in [0.1, 0.15) is 38.8 Å². The zero-order chi connectivity index (χ0) is 20.6. The van der Waals surface area contributed by atoms with Crippen LogP contribution in [0.4, 0.5) is 0 Å². The molecule has 3 rings (SSSR count). The zero-order valence-corrected chi connectivity index (χ0v) is 21.1. The van der Waals surface area contributed by atoms with E-state index in [9.17, 15) is 0 Å². The van der Waals surface area contributed by atoms with E-state index in [4.69, 9.17) is 14.5 Å². The molecule has 9 nitrogen and oxygen atoms in total. The largest absolute Gasteiger partial charge is 0.379 e. The van der Waals surface area contributed by atoms with Crippen molar-refractivity contribution < 1.29 is 9.47 Å². The number of aromatic nitrogens is 3. The molecule has 2 aliphatic rings. The molecule has 2 atom stereocenters. The van der Waals surface area contributed by atoms with Gasteiger partial charge in [-0.25, -0.2) is 9.67 Å². The van der Waals surface area contributed by atoms with E-state index in [1.165, 1.54) is 0 Å². The lowest BCUT2D eigenvalue weighted by atomic mass is 10.0. The quantitative estimate of drug-likeness (QED) is 0.295. The van der Waals surface area contributed by atoms with Gasteiger partial charge in [0.15, 0.2) is 11.8 Å². The molecule has 0 spiro atoms. The summed E-state index contributed by atoms with van der Waals surface area (Å²) in [5, 5.41) is 11.6. The maximum atomic E-state index is 5.52. The van der Waals surface area contributed by atoms with Gasteiger partial charge in [-0.05, 0) is 19.3 Å². The van der Waals surface area contributed by atoms with Gasteiger partial charge in [0.05, 0.1) is 26.3 Å². The molecule has 1 fully saturated rings. The maximum Gasteiger partial charge on any atom is 0.191 e. The number of ether oxygens (including phenoxy) is 2. The number of hydrogen-bond donors (Lipinski definition) is 2. The fraction of sp³-hybridized carbons (Fsp3) is 0.850. The number of rotatable bonds is 8. The molecule has 30 heavy (non-hydrogen) atoms. The molecular formula is C20H38IN7O2. The average molecular weight is 535 g/mol. The number of aryl methyl sites for hydroxylation is 1. The number of nitrogens with one attached hydrogen (secondary N) is 2. The SMILES string of the molecule is CCNC(=NCC(C(C)C)N1CCOCC1)NC1CCc2nc(COC)nn2C1.I. The lowest BCUT2D eigenvalue weighted by molar-refractivity contribution is 0.00867. The molecule has 1 aromatic heterocycles. The topological polar surface area (TPSA) is 88.8 Å². The molecule has 0 amide bonds. The Morgan fingerprint density at radius 1 is 1.33 bits per heavy atom. The fourth-order valence-electron chi connectivity index (χ4n) is 4.02. The molecule has 2 aliphatic heterocycles. The van der Waals surface area contributed by atoms with Crippen LogP contribution in [-0.4, -0.2) is 84.2 Å². The number of aliphatic imine (C=N–C) groups is 1. The molecule has 1 aromatic rings. The highest BCUT2D eigenvalue weighted by Gasteiger charge is 2.25. The van der Waals surface area contributed by atoms with Crippen LogP contribution in [0, 0.1) is 5.92 Å². The van der Waals surface area contributed by atoms with Crippen LogP contribution in [0.3, 0.4) is 0 Å². The highest BCUT2D eigenvalue weighted by atomic mass is 127. The van der Waals surface area contributed by atoms with Crippen LogP contribution < -0.4 is 10.6 Å². The molecule has 0 radical (unpaired) electrons. The van der Waals surface area contributed by atoms with Gasteiger partial charge >= 0.3 is 0 Å². The predicted molar refractivity (Wildman–Crippen MR) is 128 cm³/mol. The Kier molecular flexibility index (Phi) is 10.8. The Morgan fingerprint density at radius 3 is 2.77 bits per heavy atom. The Hall–Kier alpha value is -0.980. The summed E-state index contributed by atoms with van der Waals surface area (Å²) in [5.41, 5.74) is 0. The van der Waals surface area contributed by atoms with Crippen LogP contribution in [0.25, 0.3) is 0 Å². The molecule has 0 aliphatic carbocycles. The molecule has 172 valence electrons. The third-order valence-electron chi connectivity index (χ3n) is 5.58. The first-order valence-corrected chi connectivity index (χ1v) is 10.9. The molecule has 0 saturated carbocycles. The van der Waals surface area contributed by atoms with Crippen molar-refractivity contribution in [3.63, 3.8) is 0 Å². The summed E-state index contributed by atoms with van der Waals surface area (Å²) < 4.78 is 12.7. The number of guanidine groups is 1. The summed E-state index contributed by atoms with van der Waals surface area (Å²) in [5.74, 6) is 3.24. The number of morpholine rings is 1. The summed E-state index contributed by atoms with van der Waals surface area (Å²) in [7, 11) is 1.67. The van der Waals surface area contributed by atoms with Crippen molar-refractivity contribution in [3.05, 3.63) is 11.6 Å². The smallest absolute Gasteiger partial charge is 0.191 e. The van der Waals surface area contributed by atoms with Gasteiger partial charge in [0.25, 0.3) is 0 Å². The fourth-order valence-corrected chi connectivity index (χ4v) is 4.02. The summed E-state index contributed by atoms with van der Waals surface area (Å²) in [6.45, 7) is 13.2. The second kappa shape index (κ2) is 12.8. The summed E-state index contributed by atoms with van der Waals surface area (Å²) >= 11 is 0. The molecule has 0 aromatic carbocycles. The van der Waals surface area contributed by atoms with Gasteiger partial charge in [0.1, 0.15) is 12.4 Å². The number of methoxy groups -OCH3 is 1. The first kappa shape index (κ1) is 25.3. The number of hydrogen-bond acceptors (Lipinski definition) is 6. The first-order chi connectivity index (χ1) is 14.1. The minimum atomic E-state index is 0. The Balaban J connectivity index is 0.00000320. The number of halogens is 1. The van der Waals surface area contributed by atoms with Crippen LogP contribution >= 0.6 is 24.0 Å². The van der Waals surface area contributed by atoms with E-state index in [1.807, 2.05) is 4.68 Å². The summed E-state index contributed by atoms with van der Waals surface area (Å²) in [6.07, 6.45) is 1.93. The minimum absolute atomic E-state index is 0. The average Bonchev–Trinajstić information content (AvgIpc) is 3.11. The van der Waals surface area contributed by atoms with Gasteiger partial charge in [0, 0.05) is 45.2 Å². The van der Waals surface area contributed by atoms with E-state index in [-0.39, 0.29) is 24.0 Å². The predicted octanol–water partition coefficient (Wildman–Crippen LogP) is 1.27. The monoisotopic (exact) mass is 535 g/mol. The van der Waals surface area contributed by atoms with Gasteiger partial charge < -0.3 is 20.1 Å². The number of nitrogens with zero attached hydrogens (tertiary/aromatic N) is 5. The lowest BCUT2D eigenvalue weighted by Gasteiger charge is -2.36. The van der Waals surface area contributed by atoms with Crippen LogP contribution in [0.5, 0.6) is 0 Å². The molecule has 10 heteroatoms. The third kappa shape index (κ3) is 7.03. The number of fused-ring (bicyclic) bond motifs is 1. The van der Waals surface area contributed by atoms with E-state index in [2.05, 4.69) is 46.4 Å². The van der Waals surface area contributed by atoms with Gasteiger partial charge in [-0.2, -0.15) is 5.10 Å². The zero-order valence-electron chi connectivity index (χ0n) is 18.8. The lowest BCUT2D eigenvalue weighted by Crippen LogP contribution is -2.49.